The number of rotatable bonds is 5. The van der Waals surface area contributed by atoms with Crippen LogP contribution in [0.3, 0.4) is 0 Å². The van der Waals surface area contributed by atoms with Crippen LogP contribution in [-0.4, -0.2) is 63.4 Å². The first-order valence-corrected chi connectivity index (χ1v) is 12.9. The topological polar surface area (TPSA) is 90.5 Å². The summed E-state index contributed by atoms with van der Waals surface area (Å²) in [5.74, 6) is -0.197. The lowest BCUT2D eigenvalue weighted by molar-refractivity contribution is -0.141. The van der Waals surface area contributed by atoms with Gasteiger partial charge in [0.1, 0.15) is 11.2 Å². The highest BCUT2D eigenvalue weighted by Gasteiger charge is 2.63. The van der Waals surface area contributed by atoms with Gasteiger partial charge in [-0.15, -0.1) is 36.2 Å². The Kier molecular flexibility index (Phi) is 7.80. The minimum Gasteiger partial charge on any atom is -0.379 e. The summed E-state index contributed by atoms with van der Waals surface area (Å²) in [5.41, 5.74) is 0.679. The van der Waals surface area contributed by atoms with Crippen molar-refractivity contribution in [2.75, 3.05) is 25.5 Å². The zero-order valence-electron chi connectivity index (χ0n) is 21.1. The van der Waals surface area contributed by atoms with Gasteiger partial charge >= 0.3 is 12.2 Å². The lowest BCUT2D eigenvalue weighted by atomic mass is 10.0. The van der Waals surface area contributed by atoms with Gasteiger partial charge in [-0.05, 0) is 56.5 Å². The van der Waals surface area contributed by atoms with Crippen molar-refractivity contribution in [3.05, 3.63) is 40.5 Å². The molecule has 0 bridgehead atoms. The second-order valence-electron chi connectivity index (χ2n) is 9.93. The van der Waals surface area contributed by atoms with E-state index in [0.717, 1.165) is 23.9 Å². The monoisotopic (exact) mass is 602 g/mol. The second kappa shape index (κ2) is 10.4. The van der Waals surface area contributed by atoms with Gasteiger partial charge in [0.2, 0.25) is 0 Å². The maximum atomic E-state index is 13.7. The van der Waals surface area contributed by atoms with E-state index in [9.17, 15) is 22.8 Å². The van der Waals surface area contributed by atoms with Gasteiger partial charge in [-0.3, -0.25) is 14.7 Å². The number of aryl methyl sites for hydroxylation is 1. The fraction of sp³-hybridized carbons (Fsp3) is 0.440. The number of fused-ring (bicyclic) bond motifs is 1. The first-order valence-electron chi connectivity index (χ1n) is 12.1. The molecule has 3 aliphatic rings. The number of carbonyl (C=O) groups is 2. The van der Waals surface area contributed by atoms with Crippen molar-refractivity contribution >= 4 is 64.0 Å². The van der Waals surface area contributed by atoms with E-state index in [4.69, 9.17) is 0 Å². The smallest absolute Gasteiger partial charge is 0.379 e. The maximum Gasteiger partial charge on any atom is 0.433 e. The van der Waals surface area contributed by atoms with E-state index < -0.39 is 17.4 Å². The summed E-state index contributed by atoms with van der Waals surface area (Å²) < 4.78 is 41.9. The van der Waals surface area contributed by atoms with Gasteiger partial charge in [0.25, 0.3) is 5.91 Å². The third-order valence-electron chi connectivity index (χ3n) is 7.47. The largest absolute Gasteiger partial charge is 0.433 e. The number of alkyl halides is 3. The molecular weight excluding hydrogens is 576 g/mol. The third-order valence-corrected chi connectivity index (χ3v) is 8.62. The number of carbonyl (C=O) groups excluding carboxylic acids is 2. The third kappa shape index (κ3) is 4.92. The van der Waals surface area contributed by atoms with Crippen LogP contribution in [0, 0.1) is 6.92 Å². The van der Waals surface area contributed by atoms with Gasteiger partial charge in [-0.1, -0.05) is 0 Å². The van der Waals surface area contributed by atoms with Gasteiger partial charge in [-0.25, -0.2) is 9.78 Å². The fourth-order valence-corrected chi connectivity index (χ4v) is 6.35. The molecule has 6 rings (SSSR count). The first-order chi connectivity index (χ1) is 17.6. The van der Waals surface area contributed by atoms with Crippen LogP contribution in [0.1, 0.15) is 35.4 Å². The average molecular weight is 603 g/mol. The number of nitrogens with zero attached hydrogens (tertiary/aromatic N) is 4. The molecular formula is C25H27Cl2F3N6O2S. The standard InChI is InChI=1S/C25H25F3N6O2S.2ClH/c1-13-9-18(25(26,27)28)32-20(19(13)31-14-3-7-29-11-14)16-4-8-30-17-10-15(37-21(16)17)12-34-22(35)24(5-6-24)33(2)23(34)36;;/h4,8-10,14,29,31H,3,5-7,11-12H2,1-2H3;2*1H. The van der Waals surface area contributed by atoms with E-state index >= 15 is 0 Å². The number of pyridine rings is 2. The molecule has 14 heteroatoms. The van der Waals surface area contributed by atoms with Crippen molar-refractivity contribution in [3.63, 3.8) is 0 Å². The van der Waals surface area contributed by atoms with Crippen LogP contribution in [0.2, 0.25) is 0 Å². The number of likely N-dealkylation sites (N-methyl/N-ethyl adjacent to an activating group) is 1. The quantitative estimate of drug-likeness (QED) is 0.389. The Labute approximate surface area is 239 Å². The zero-order valence-corrected chi connectivity index (χ0v) is 23.5. The number of amides is 3. The molecule has 2 aliphatic heterocycles. The lowest BCUT2D eigenvalue weighted by Crippen LogP contribution is -2.33. The fourth-order valence-electron chi connectivity index (χ4n) is 5.24. The number of nitrogens with one attached hydrogen (secondary N) is 2. The molecule has 3 aromatic rings. The number of hydrogen-bond acceptors (Lipinski definition) is 7. The molecule has 3 fully saturated rings. The number of thiophene rings is 1. The lowest BCUT2D eigenvalue weighted by Gasteiger charge is -2.20. The van der Waals surface area contributed by atoms with E-state index in [1.165, 1.54) is 21.1 Å². The van der Waals surface area contributed by atoms with Crippen LogP contribution in [0.5, 0.6) is 0 Å². The van der Waals surface area contributed by atoms with Crippen LogP contribution >= 0.6 is 36.2 Å². The molecule has 1 saturated carbocycles. The average Bonchev–Trinajstić information content (AvgIpc) is 3.23. The molecule has 3 amide bonds. The van der Waals surface area contributed by atoms with Gasteiger partial charge in [0.15, 0.2) is 0 Å². The first kappa shape index (κ1) is 29.3. The SMILES string of the molecule is Cc1cc(C(F)(F)F)nc(-c2ccnc3cc(CN4C(=O)N(C)C5(CC5)C4=O)sc23)c1NC1CCNC1.Cl.Cl. The number of aromatic nitrogens is 2. The Balaban J connectivity index is 0.00000176. The van der Waals surface area contributed by atoms with E-state index in [2.05, 4.69) is 20.6 Å². The summed E-state index contributed by atoms with van der Waals surface area (Å²) in [6, 6.07) is 4.27. The Bertz CT molecular complexity index is 1440. The molecule has 1 aliphatic carbocycles. The Morgan fingerprint density at radius 1 is 1.23 bits per heavy atom. The van der Waals surface area contributed by atoms with Crippen LogP contribution in [0.4, 0.5) is 23.7 Å². The highest BCUT2D eigenvalue weighted by Crippen LogP contribution is 2.48. The molecule has 1 unspecified atom stereocenters. The van der Waals surface area contributed by atoms with Crippen molar-refractivity contribution in [2.45, 2.75) is 50.5 Å². The van der Waals surface area contributed by atoms with Gasteiger partial charge < -0.3 is 15.5 Å². The minimum atomic E-state index is -4.60. The normalized spacial score (nSPS) is 20.0. The van der Waals surface area contributed by atoms with Gasteiger partial charge in [0.05, 0.1) is 28.1 Å². The van der Waals surface area contributed by atoms with Crippen molar-refractivity contribution in [1.82, 2.24) is 25.1 Å². The number of anilines is 1. The van der Waals surface area contributed by atoms with Crippen LogP contribution < -0.4 is 10.6 Å². The molecule has 2 saturated heterocycles. The molecule has 2 N–H and O–H groups in total. The molecule has 5 heterocycles. The summed E-state index contributed by atoms with van der Waals surface area (Å²) >= 11 is 1.31. The Morgan fingerprint density at radius 3 is 2.59 bits per heavy atom. The molecule has 1 atom stereocenters. The number of halogens is 5. The molecule has 0 radical (unpaired) electrons. The van der Waals surface area contributed by atoms with Crippen molar-refractivity contribution in [3.8, 4) is 11.3 Å². The van der Waals surface area contributed by atoms with Crippen LogP contribution in [0.25, 0.3) is 21.5 Å². The Morgan fingerprint density at radius 2 is 1.97 bits per heavy atom. The summed E-state index contributed by atoms with van der Waals surface area (Å²) in [6.07, 6.45) is -0.875. The van der Waals surface area contributed by atoms with Crippen LogP contribution in [0.15, 0.2) is 24.4 Å². The van der Waals surface area contributed by atoms with E-state index in [-0.39, 0.29) is 55.0 Å². The summed E-state index contributed by atoms with van der Waals surface area (Å²) in [4.78, 5) is 37.7. The summed E-state index contributed by atoms with van der Waals surface area (Å²) in [6.45, 7) is 3.29. The van der Waals surface area contributed by atoms with Crippen molar-refractivity contribution < 1.29 is 22.8 Å². The molecule has 3 aromatic heterocycles. The summed E-state index contributed by atoms with van der Waals surface area (Å²) in [7, 11) is 1.65. The molecule has 210 valence electrons. The van der Waals surface area contributed by atoms with E-state index in [1.807, 2.05) is 0 Å². The predicted octanol–water partition coefficient (Wildman–Crippen LogP) is 5.23. The zero-order chi connectivity index (χ0) is 26.1. The van der Waals surface area contributed by atoms with Gasteiger partial charge in [-0.2, -0.15) is 13.2 Å². The second-order valence-corrected chi connectivity index (χ2v) is 11.1. The number of imide groups is 1. The number of hydrogen-bond donors (Lipinski definition) is 2. The van der Waals surface area contributed by atoms with E-state index in [0.29, 0.717) is 46.4 Å². The maximum absolute atomic E-state index is 13.7. The molecule has 39 heavy (non-hydrogen) atoms. The van der Waals surface area contributed by atoms with E-state index in [1.54, 1.807) is 32.3 Å². The highest BCUT2D eigenvalue weighted by molar-refractivity contribution is 7.19. The van der Waals surface area contributed by atoms with Crippen LogP contribution in [-0.2, 0) is 17.5 Å². The Hall–Kier alpha value is -2.67. The predicted molar refractivity (Wildman–Crippen MR) is 148 cm³/mol. The molecule has 1 spiro atoms. The molecule has 0 aromatic carbocycles. The molecule has 8 nitrogen and oxygen atoms in total. The summed E-state index contributed by atoms with van der Waals surface area (Å²) in [5, 5.41) is 6.67. The van der Waals surface area contributed by atoms with Crippen molar-refractivity contribution in [1.29, 1.82) is 0 Å². The number of urea groups is 1. The minimum absolute atomic E-state index is 0. The van der Waals surface area contributed by atoms with Gasteiger partial charge in [0, 0.05) is 36.3 Å². The van der Waals surface area contributed by atoms with Crippen molar-refractivity contribution in [2.24, 2.45) is 0 Å². The highest BCUT2D eigenvalue weighted by atomic mass is 35.5.